The number of benzene rings is 12. The first-order valence-corrected chi connectivity index (χ1v) is 39.9. The maximum absolute atomic E-state index is 13.1. The first kappa shape index (κ1) is 74.4. The van der Waals surface area contributed by atoms with E-state index in [0.717, 1.165) is 123 Å². The molecule has 0 bridgehead atoms. The molecule has 0 saturated heterocycles. The van der Waals surface area contributed by atoms with Gasteiger partial charge in [-0.15, -0.1) is 0 Å². The van der Waals surface area contributed by atoms with Crippen molar-refractivity contribution in [2.45, 2.75) is 132 Å². The van der Waals surface area contributed by atoms with Gasteiger partial charge < -0.3 is 0 Å². The van der Waals surface area contributed by atoms with Crippen molar-refractivity contribution >= 4 is 50.5 Å². The normalized spacial score (nSPS) is 18.2. The van der Waals surface area contributed by atoms with Crippen LogP contribution in [0.2, 0.25) is 0 Å². The van der Waals surface area contributed by atoms with Gasteiger partial charge in [-0.3, -0.25) is 24.0 Å². The number of carbonyl (C=O) groups excluding carboxylic acids is 5. The highest BCUT2D eigenvalue weighted by molar-refractivity contribution is 6.13. The Morgan fingerprint density at radius 2 is 0.565 bits per heavy atom. The Morgan fingerprint density at radius 3 is 0.954 bits per heavy atom. The second kappa shape index (κ2) is 33.3. The zero-order valence-corrected chi connectivity index (χ0v) is 64.2. The van der Waals surface area contributed by atoms with Crippen LogP contribution >= 0.6 is 0 Å². The second-order valence-electron chi connectivity index (χ2n) is 32.6. The molecule has 12 aromatic rings. The average molecular weight is 1420 g/mol. The van der Waals surface area contributed by atoms with Crippen LogP contribution in [0.4, 0.5) is 0 Å². The van der Waals surface area contributed by atoms with E-state index in [2.05, 4.69) is 268 Å². The van der Waals surface area contributed by atoms with Gasteiger partial charge in [-0.1, -0.05) is 342 Å². The number of hydrogen-bond donors (Lipinski definition) is 0. The summed E-state index contributed by atoms with van der Waals surface area (Å²) in [6, 6.07) is 91.8. The number of rotatable bonds is 12. The number of Topliss-reactive ketones (excluding diaryl/α,β-unsaturated/α-hetero) is 5. The van der Waals surface area contributed by atoms with E-state index in [-0.39, 0.29) is 29.6 Å². The summed E-state index contributed by atoms with van der Waals surface area (Å²) in [6.45, 7) is 17.3. The third kappa shape index (κ3) is 15.6. The van der Waals surface area contributed by atoms with Crippen LogP contribution < -0.4 is 0 Å². The zero-order chi connectivity index (χ0) is 75.1. The lowest BCUT2D eigenvalue weighted by molar-refractivity contribution is 0.0866. The van der Waals surface area contributed by atoms with Gasteiger partial charge in [-0.05, 0) is 192 Å². The second-order valence-corrected chi connectivity index (χ2v) is 32.6. The SMILES string of the molecule is CC(C)C1Cc2cccc(-c3cccc4ccccc34)c2C1=O.CC(C)C1Cc2cccc(-c3ccccc3)c2C1=O.CC(C)CC1Cc2cccc(-c3cccc4ccccc34)c2C1=O.CC(C)CC1Cc2cccc(-c3ccccc3)c2C1=O.O=C1c2c(cccc2-c2ccccc2)CC1C1CCCCC1. The van der Waals surface area contributed by atoms with Gasteiger partial charge >= 0.3 is 0 Å². The van der Waals surface area contributed by atoms with Crippen LogP contribution in [-0.4, -0.2) is 28.9 Å². The Kier molecular flexibility index (Phi) is 23.0. The average Bonchev–Trinajstić information content (AvgIpc) is 1.50. The summed E-state index contributed by atoms with van der Waals surface area (Å²) in [7, 11) is 0. The van der Waals surface area contributed by atoms with Crippen LogP contribution in [0.15, 0.2) is 267 Å². The van der Waals surface area contributed by atoms with E-state index < -0.39 is 0 Å². The minimum absolute atomic E-state index is 0.126. The summed E-state index contributed by atoms with van der Waals surface area (Å²) >= 11 is 0. The Bertz CT molecular complexity index is 5250. The van der Waals surface area contributed by atoms with Crippen LogP contribution in [0.5, 0.6) is 0 Å². The van der Waals surface area contributed by atoms with Crippen LogP contribution in [-0.2, 0) is 32.1 Å². The molecule has 0 radical (unpaired) electrons. The van der Waals surface area contributed by atoms with Gasteiger partial charge in [0.05, 0.1) is 0 Å². The summed E-state index contributed by atoms with van der Waals surface area (Å²) < 4.78 is 0. The van der Waals surface area contributed by atoms with Crippen LogP contribution in [0, 0.1) is 59.2 Å². The third-order valence-electron chi connectivity index (χ3n) is 23.7. The first-order valence-electron chi connectivity index (χ1n) is 39.9. The lowest BCUT2D eigenvalue weighted by Crippen LogP contribution is -2.23. The lowest BCUT2D eigenvalue weighted by Gasteiger charge is -2.26. The van der Waals surface area contributed by atoms with E-state index in [1.165, 1.54) is 87.0 Å². The molecule has 6 aliphatic carbocycles. The van der Waals surface area contributed by atoms with Gasteiger partial charge in [0.2, 0.25) is 0 Å². The highest BCUT2D eigenvalue weighted by atomic mass is 16.1. The van der Waals surface area contributed by atoms with E-state index in [1.54, 1.807) is 0 Å². The molecule has 18 rings (SSSR count). The predicted molar refractivity (Wildman–Crippen MR) is 447 cm³/mol. The molecular weight excluding hydrogens is 1320 g/mol. The molecule has 5 heteroatoms. The minimum atomic E-state index is 0.126. The molecular formula is C103H102O5. The molecule has 1 fully saturated rings. The molecule has 12 aromatic carbocycles. The van der Waals surface area contributed by atoms with E-state index >= 15 is 0 Å². The van der Waals surface area contributed by atoms with Crippen molar-refractivity contribution in [3.05, 3.63) is 323 Å². The van der Waals surface area contributed by atoms with Crippen molar-refractivity contribution in [2.75, 3.05) is 0 Å². The Hall–Kier alpha value is -10.5. The molecule has 544 valence electrons. The van der Waals surface area contributed by atoms with Crippen molar-refractivity contribution in [1.29, 1.82) is 0 Å². The van der Waals surface area contributed by atoms with Crippen molar-refractivity contribution in [3.8, 4) is 55.6 Å². The number of ketones is 5. The maximum atomic E-state index is 13.1. The van der Waals surface area contributed by atoms with E-state index in [0.29, 0.717) is 58.5 Å². The maximum Gasteiger partial charge on any atom is 0.167 e. The Labute approximate surface area is 640 Å². The largest absolute Gasteiger partial charge is 0.294 e. The van der Waals surface area contributed by atoms with Crippen molar-refractivity contribution in [2.24, 2.45) is 59.2 Å². The fourth-order valence-corrected chi connectivity index (χ4v) is 18.4. The molecule has 0 aromatic heterocycles. The molecule has 6 aliphatic rings. The van der Waals surface area contributed by atoms with Crippen molar-refractivity contribution in [3.63, 3.8) is 0 Å². The summed E-state index contributed by atoms with van der Waals surface area (Å²) in [5, 5.41) is 4.86. The summed E-state index contributed by atoms with van der Waals surface area (Å²) in [5.41, 5.74) is 22.2. The van der Waals surface area contributed by atoms with Gasteiger partial charge in [0.25, 0.3) is 0 Å². The molecule has 0 spiro atoms. The van der Waals surface area contributed by atoms with E-state index in [9.17, 15) is 24.0 Å². The van der Waals surface area contributed by atoms with Gasteiger partial charge in [0.1, 0.15) is 0 Å². The van der Waals surface area contributed by atoms with E-state index in [1.807, 2.05) is 54.6 Å². The summed E-state index contributed by atoms with van der Waals surface area (Å²) in [6.07, 6.45) is 12.9. The van der Waals surface area contributed by atoms with Gasteiger partial charge in [0, 0.05) is 57.4 Å². The minimum Gasteiger partial charge on any atom is -0.294 e. The molecule has 108 heavy (non-hydrogen) atoms. The molecule has 0 heterocycles. The van der Waals surface area contributed by atoms with Crippen LogP contribution in [0.25, 0.3) is 77.2 Å². The van der Waals surface area contributed by atoms with E-state index in [4.69, 9.17) is 0 Å². The summed E-state index contributed by atoms with van der Waals surface area (Å²) in [4.78, 5) is 64.5. The monoisotopic (exact) mass is 1420 g/mol. The standard InChI is InChI=1S/C23H22O.C22H20O.C21H22O.C19H20O.C18H18O/c1-15(2)13-18-14-17-9-6-12-21(22(17)23(18)24)20-11-5-8-16-7-3-4-10-19(16)20;1-14(2)20-13-16-9-6-12-19(21(16)22(20)23)18-11-5-8-15-7-3-4-10-17(15)18;22-21-19(16-10-5-2-6-11-16)14-17-12-7-13-18(20(17)21)15-8-3-1-4-9-15;1-13(2)11-16-12-15-9-6-10-17(18(15)19(16)20)14-7-4-3-5-8-14;1-12(2)16-11-14-9-6-10-15(17(14)18(16)19)13-7-4-3-5-8-13/h3-12,15,18H,13-14H2,1-2H3;3-12,14,20H,13H2,1-2H3;1,3-4,7-9,12-13,16,19H,2,5-6,10-11,14H2;3-10,13,16H,11-12H2,1-2H3;3-10,12,16H,11H2,1-2H3. The molecule has 0 amide bonds. The molecule has 5 nitrogen and oxygen atoms in total. The molecule has 0 aliphatic heterocycles. The molecule has 5 unspecified atom stereocenters. The summed E-state index contributed by atoms with van der Waals surface area (Å²) in [5.74, 6) is 5.08. The van der Waals surface area contributed by atoms with Gasteiger partial charge in [0.15, 0.2) is 28.9 Å². The molecule has 0 N–H and O–H groups in total. The highest BCUT2D eigenvalue weighted by Crippen LogP contribution is 2.46. The molecule has 1 saturated carbocycles. The number of fused-ring (bicyclic) bond motifs is 7. The van der Waals surface area contributed by atoms with Crippen molar-refractivity contribution in [1.82, 2.24) is 0 Å². The lowest BCUT2D eigenvalue weighted by atomic mass is 9.78. The van der Waals surface area contributed by atoms with Crippen LogP contribution in [0.1, 0.15) is 180 Å². The quantitative estimate of drug-likeness (QED) is 0.122. The first-order chi connectivity index (χ1) is 52.5. The number of hydrogen-bond acceptors (Lipinski definition) is 5. The fourth-order valence-electron chi connectivity index (χ4n) is 18.4. The fraction of sp³-hybridized carbons (Fsp3) is 0.291. The topological polar surface area (TPSA) is 85.3 Å². The third-order valence-corrected chi connectivity index (χ3v) is 23.7. The Morgan fingerprint density at radius 1 is 0.269 bits per heavy atom. The van der Waals surface area contributed by atoms with Crippen molar-refractivity contribution < 1.29 is 24.0 Å². The zero-order valence-electron chi connectivity index (χ0n) is 64.2. The van der Waals surface area contributed by atoms with Gasteiger partial charge in [-0.2, -0.15) is 0 Å². The highest BCUT2D eigenvalue weighted by Gasteiger charge is 2.40. The Balaban J connectivity index is 0.000000113. The predicted octanol–water partition coefficient (Wildman–Crippen LogP) is 25.8. The molecule has 5 atom stereocenters. The van der Waals surface area contributed by atoms with Crippen LogP contribution in [0.3, 0.4) is 0 Å². The number of carbonyl (C=O) groups is 5. The smallest absolute Gasteiger partial charge is 0.167 e. The van der Waals surface area contributed by atoms with Gasteiger partial charge in [-0.25, -0.2) is 0 Å².